The second kappa shape index (κ2) is 3.12. The molecule has 2 rings (SSSR count). The van der Waals surface area contributed by atoms with Crippen molar-refractivity contribution in [2.75, 3.05) is 0 Å². The van der Waals surface area contributed by atoms with Gasteiger partial charge < -0.3 is 10.2 Å². The number of nitrogens with two attached hydrogens (primary N) is 1. The molecule has 0 fully saturated rings. The molecule has 0 aliphatic carbocycles. The van der Waals surface area contributed by atoms with Gasteiger partial charge in [0, 0.05) is 17.5 Å². The Balaban J connectivity index is 2.82. The first kappa shape index (κ1) is 8.72. The lowest BCUT2D eigenvalue weighted by Crippen LogP contribution is -1.94. The van der Waals surface area contributed by atoms with E-state index in [2.05, 4.69) is 15.9 Å². The van der Waals surface area contributed by atoms with Gasteiger partial charge in [-0.15, -0.1) is 0 Å². The molecule has 2 N–H and O–H groups in total. The minimum Gasteiger partial charge on any atom is -0.463 e. The maximum Gasteiger partial charge on any atom is 0.148 e. The lowest BCUT2D eigenvalue weighted by molar-refractivity contribution is 0.603. The lowest BCUT2D eigenvalue weighted by atomic mass is 10.2. The monoisotopic (exact) mass is 243 g/mol. The number of hydrogen-bond donors (Lipinski definition) is 1. The molecular weight excluding hydrogens is 237 g/mol. The molecule has 1 aromatic carbocycles. The summed E-state index contributed by atoms with van der Waals surface area (Å²) < 4.78 is 18.8. The fraction of sp³-hybridized carbons (Fsp3) is 0.111. The molecule has 2 nitrogen and oxygen atoms in total. The fourth-order valence-electron chi connectivity index (χ4n) is 1.27. The highest BCUT2D eigenvalue weighted by molar-refractivity contribution is 9.10. The fourth-order valence-corrected chi connectivity index (χ4v) is 1.80. The van der Waals surface area contributed by atoms with Crippen LogP contribution in [0.2, 0.25) is 0 Å². The van der Waals surface area contributed by atoms with Crippen molar-refractivity contribution in [2.24, 2.45) is 5.73 Å². The van der Waals surface area contributed by atoms with E-state index in [4.69, 9.17) is 10.2 Å². The van der Waals surface area contributed by atoms with Crippen LogP contribution in [-0.4, -0.2) is 0 Å². The SMILES string of the molecule is NCc1coc2c(Br)cc(F)cc12. The van der Waals surface area contributed by atoms with Crippen LogP contribution in [0.15, 0.2) is 27.3 Å². The predicted octanol–water partition coefficient (Wildman–Crippen LogP) is 2.79. The van der Waals surface area contributed by atoms with Crippen LogP contribution in [0.25, 0.3) is 11.0 Å². The van der Waals surface area contributed by atoms with Gasteiger partial charge in [-0.1, -0.05) is 0 Å². The number of halogens is 2. The zero-order chi connectivity index (χ0) is 9.42. The Hall–Kier alpha value is -0.870. The average molecular weight is 244 g/mol. The summed E-state index contributed by atoms with van der Waals surface area (Å²) >= 11 is 3.22. The van der Waals surface area contributed by atoms with Crippen molar-refractivity contribution < 1.29 is 8.81 Å². The summed E-state index contributed by atoms with van der Waals surface area (Å²) in [7, 11) is 0. The Labute approximate surface area is 82.6 Å². The van der Waals surface area contributed by atoms with Gasteiger partial charge in [-0.2, -0.15) is 0 Å². The van der Waals surface area contributed by atoms with Gasteiger partial charge in [0.15, 0.2) is 0 Å². The Morgan fingerprint density at radius 2 is 2.23 bits per heavy atom. The molecule has 0 atom stereocenters. The molecule has 0 bridgehead atoms. The second-order valence-corrected chi connectivity index (χ2v) is 3.58. The van der Waals surface area contributed by atoms with E-state index < -0.39 is 0 Å². The maximum atomic E-state index is 13.0. The first-order valence-electron chi connectivity index (χ1n) is 3.77. The number of furan rings is 1. The van der Waals surface area contributed by atoms with Crippen LogP contribution in [0.4, 0.5) is 4.39 Å². The van der Waals surface area contributed by atoms with Crippen LogP contribution in [0.1, 0.15) is 5.56 Å². The third-order valence-corrected chi connectivity index (χ3v) is 2.48. The highest BCUT2D eigenvalue weighted by Crippen LogP contribution is 2.29. The number of fused-ring (bicyclic) bond motifs is 1. The highest BCUT2D eigenvalue weighted by Gasteiger charge is 2.09. The number of hydrogen-bond acceptors (Lipinski definition) is 2. The van der Waals surface area contributed by atoms with Crippen LogP contribution in [0.3, 0.4) is 0 Å². The van der Waals surface area contributed by atoms with Gasteiger partial charge in [0.2, 0.25) is 0 Å². The molecular formula is C9H7BrFNO. The Bertz CT molecular complexity index is 452. The van der Waals surface area contributed by atoms with E-state index in [0.717, 1.165) is 10.9 Å². The van der Waals surface area contributed by atoms with Crippen molar-refractivity contribution in [3.63, 3.8) is 0 Å². The molecule has 0 unspecified atom stereocenters. The Morgan fingerprint density at radius 1 is 1.46 bits per heavy atom. The van der Waals surface area contributed by atoms with E-state index in [0.29, 0.717) is 16.6 Å². The minimum absolute atomic E-state index is 0.296. The predicted molar refractivity (Wildman–Crippen MR) is 51.8 cm³/mol. The number of benzene rings is 1. The summed E-state index contributed by atoms with van der Waals surface area (Å²) in [6.07, 6.45) is 1.55. The summed E-state index contributed by atoms with van der Waals surface area (Å²) in [6.45, 7) is 0.350. The van der Waals surface area contributed by atoms with Crippen molar-refractivity contribution in [1.29, 1.82) is 0 Å². The van der Waals surface area contributed by atoms with E-state index in [9.17, 15) is 4.39 Å². The van der Waals surface area contributed by atoms with Gasteiger partial charge >= 0.3 is 0 Å². The maximum absolute atomic E-state index is 13.0. The summed E-state index contributed by atoms with van der Waals surface area (Å²) in [5.41, 5.74) is 6.92. The topological polar surface area (TPSA) is 39.2 Å². The zero-order valence-corrected chi connectivity index (χ0v) is 8.27. The molecule has 0 aliphatic rings. The third kappa shape index (κ3) is 1.36. The highest BCUT2D eigenvalue weighted by atomic mass is 79.9. The molecule has 0 aliphatic heterocycles. The molecule has 1 aromatic heterocycles. The van der Waals surface area contributed by atoms with Crippen molar-refractivity contribution >= 4 is 26.9 Å². The van der Waals surface area contributed by atoms with Gasteiger partial charge in [0.05, 0.1) is 10.7 Å². The molecule has 0 spiro atoms. The van der Waals surface area contributed by atoms with Gasteiger partial charge in [-0.3, -0.25) is 0 Å². The first-order chi connectivity index (χ1) is 6.22. The third-order valence-electron chi connectivity index (χ3n) is 1.89. The van der Waals surface area contributed by atoms with Crippen LogP contribution in [-0.2, 0) is 6.54 Å². The summed E-state index contributed by atoms with van der Waals surface area (Å²) in [5, 5.41) is 0.731. The van der Waals surface area contributed by atoms with Crippen LogP contribution < -0.4 is 5.73 Å². The van der Waals surface area contributed by atoms with Crippen LogP contribution >= 0.6 is 15.9 Å². The summed E-state index contributed by atoms with van der Waals surface area (Å²) in [5.74, 6) is -0.296. The average Bonchev–Trinajstić information content (AvgIpc) is 2.47. The van der Waals surface area contributed by atoms with Crippen LogP contribution in [0.5, 0.6) is 0 Å². The van der Waals surface area contributed by atoms with Crippen molar-refractivity contribution in [1.82, 2.24) is 0 Å². The van der Waals surface area contributed by atoms with Gasteiger partial charge in [-0.25, -0.2) is 4.39 Å². The molecule has 1 heterocycles. The molecule has 2 aromatic rings. The van der Waals surface area contributed by atoms with Crippen molar-refractivity contribution in [3.8, 4) is 0 Å². The summed E-state index contributed by atoms with van der Waals surface area (Å²) in [6, 6.07) is 2.79. The Kier molecular flexibility index (Phi) is 2.09. The normalized spacial score (nSPS) is 11.0. The molecule has 13 heavy (non-hydrogen) atoms. The quantitative estimate of drug-likeness (QED) is 0.837. The van der Waals surface area contributed by atoms with Crippen molar-refractivity contribution in [3.05, 3.63) is 34.2 Å². The standard InChI is InChI=1S/C9H7BrFNO/c10-8-2-6(11)1-7-5(3-12)4-13-9(7)8/h1-2,4H,3,12H2. The van der Waals surface area contributed by atoms with E-state index in [1.165, 1.54) is 12.1 Å². The largest absolute Gasteiger partial charge is 0.463 e. The van der Waals surface area contributed by atoms with Crippen molar-refractivity contribution in [2.45, 2.75) is 6.54 Å². The number of rotatable bonds is 1. The molecule has 0 amide bonds. The molecule has 0 saturated carbocycles. The Morgan fingerprint density at radius 3 is 2.92 bits per heavy atom. The van der Waals surface area contributed by atoms with Crippen LogP contribution in [0, 0.1) is 5.82 Å². The van der Waals surface area contributed by atoms with E-state index in [-0.39, 0.29) is 5.82 Å². The zero-order valence-electron chi connectivity index (χ0n) is 6.68. The lowest BCUT2D eigenvalue weighted by Gasteiger charge is -1.95. The molecule has 4 heteroatoms. The minimum atomic E-state index is -0.296. The molecule has 0 radical (unpaired) electrons. The van der Waals surface area contributed by atoms with Gasteiger partial charge in [0.1, 0.15) is 11.4 Å². The molecule has 0 saturated heterocycles. The van der Waals surface area contributed by atoms with E-state index in [1.54, 1.807) is 6.26 Å². The first-order valence-corrected chi connectivity index (χ1v) is 4.57. The van der Waals surface area contributed by atoms with Gasteiger partial charge in [-0.05, 0) is 28.1 Å². The van der Waals surface area contributed by atoms with E-state index >= 15 is 0 Å². The smallest absolute Gasteiger partial charge is 0.148 e. The van der Waals surface area contributed by atoms with E-state index in [1.807, 2.05) is 0 Å². The molecule has 68 valence electrons. The van der Waals surface area contributed by atoms with Gasteiger partial charge in [0.25, 0.3) is 0 Å². The second-order valence-electron chi connectivity index (χ2n) is 2.73. The summed E-state index contributed by atoms with van der Waals surface area (Å²) in [4.78, 5) is 0.